The van der Waals surface area contributed by atoms with Crippen LogP contribution in [-0.4, -0.2) is 40.7 Å². The minimum absolute atomic E-state index is 0.111. The molecule has 1 atom stereocenters. The highest BCUT2D eigenvalue weighted by Crippen LogP contribution is 2.25. The van der Waals surface area contributed by atoms with Crippen LogP contribution in [-0.2, 0) is 4.74 Å². The Labute approximate surface area is 175 Å². The molecular weight excluding hydrogens is 386 g/mol. The van der Waals surface area contributed by atoms with Gasteiger partial charge in [0.2, 0.25) is 0 Å². The minimum Gasteiger partial charge on any atom is -0.487 e. The lowest BCUT2D eigenvalue weighted by Crippen LogP contribution is -2.44. The number of benzene rings is 2. The monoisotopic (exact) mass is 413 g/mol. The first-order chi connectivity index (χ1) is 13.7. The molecule has 7 heteroatoms. The molecule has 0 amide bonds. The van der Waals surface area contributed by atoms with E-state index in [0.717, 1.165) is 16.6 Å². The number of ether oxygens (including phenoxy) is 2. The second kappa shape index (κ2) is 8.80. The summed E-state index contributed by atoms with van der Waals surface area (Å²) in [4.78, 5) is 18.7. The van der Waals surface area contributed by atoms with E-state index in [1.807, 2.05) is 37.3 Å². The van der Waals surface area contributed by atoms with Gasteiger partial charge in [0.05, 0.1) is 11.1 Å². The van der Waals surface area contributed by atoms with Crippen molar-refractivity contribution in [3.05, 3.63) is 58.4 Å². The van der Waals surface area contributed by atoms with E-state index < -0.39 is 6.10 Å². The third-order valence-corrected chi connectivity index (χ3v) is 4.51. The lowest BCUT2D eigenvalue weighted by atomic mass is 10.1. The Morgan fingerprint density at radius 3 is 2.59 bits per heavy atom. The number of nitrogens with one attached hydrogen (secondary N) is 3. The summed E-state index contributed by atoms with van der Waals surface area (Å²) < 4.78 is 12.3. The highest BCUT2D eigenvalue weighted by atomic mass is 32.1. The van der Waals surface area contributed by atoms with Crippen molar-refractivity contribution < 1.29 is 14.3 Å². The van der Waals surface area contributed by atoms with Crippen molar-refractivity contribution in [1.29, 1.82) is 0 Å². The second-order valence-electron chi connectivity index (χ2n) is 8.10. The van der Waals surface area contributed by atoms with Crippen LogP contribution in [0, 0.1) is 11.7 Å². The number of fused-ring (bicyclic) bond motifs is 1. The van der Waals surface area contributed by atoms with Crippen molar-refractivity contribution in [2.45, 2.75) is 39.3 Å². The van der Waals surface area contributed by atoms with Gasteiger partial charge in [-0.05, 0) is 69.7 Å². The number of rotatable bonds is 7. The molecule has 0 spiro atoms. The molecule has 3 N–H and O–H groups in total. The molecule has 0 aliphatic carbocycles. The molecule has 2 aromatic carbocycles. The predicted octanol–water partition coefficient (Wildman–Crippen LogP) is 4.53. The van der Waals surface area contributed by atoms with Gasteiger partial charge in [-0.25, -0.2) is 4.79 Å². The third-order valence-electron chi connectivity index (χ3n) is 4.30. The highest BCUT2D eigenvalue weighted by Gasteiger charge is 2.20. The smallest absolute Gasteiger partial charge is 0.338 e. The summed E-state index contributed by atoms with van der Waals surface area (Å²) in [5.41, 5.74) is 3.14. The summed E-state index contributed by atoms with van der Waals surface area (Å²) in [6.45, 7) is 8.87. The van der Waals surface area contributed by atoms with Crippen molar-refractivity contribution in [2.24, 2.45) is 0 Å². The fraction of sp³-hybridized carbons (Fsp3) is 0.364. The van der Waals surface area contributed by atoms with Crippen molar-refractivity contribution >= 4 is 29.2 Å². The van der Waals surface area contributed by atoms with Gasteiger partial charge >= 0.3 is 5.97 Å². The molecular formula is C22H27N3O3S. The molecule has 0 radical (unpaired) electrons. The molecule has 1 unspecified atom stereocenters. The van der Waals surface area contributed by atoms with Crippen LogP contribution in [0.1, 0.15) is 36.7 Å². The number of esters is 1. The molecule has 1 heterocycles. The molecule has 3 rings (SSSR count). The second-order valence-corrected chi connectivity index (χ2v) is 8.51. The summed E-state index contributed by atoms with van der Waals surface area (Å²) in [5.74, 6) is 0.300. The Morgan fingerprint density at radius 1 is 1.17 bits per heavy atom. The van der Waals surface area contributed by atoms with Crippen molar-refractivity contribution in [3.63, 3.8) is 0 Å². The number of carbonyl (C=O) groups is 1. The number of hydrogen-bond donors (Lipinski definition) is 3. The Hall–Kier alpha value is -2.64. The van der Waals surface area contributed by atoms with Crippen LogP contribution in [0.4, 0.5) is 0 Å². The standard InChI is InChI=1S/C22H27N3O3S/c1-14-10-17-19(25-21(29)24-17)18(11-14)27-13-16(12-23-22(2,3)4)28-20(26)15-8-6-5-7-9-15/h5-11,16,23H,12-13H2,1-4H3,(H2,24,25,29). The number of aryl methyl sites for hydroxylation is 1. The van der Waals surface area contributed by atoms with Gasteiger partial charge < -0.3 is 24.8 Å². The van der Waals surface area contributed by atoms with E-state index in [1.54, 1.807) is 12.1 Å². The number of H-pyrrole nitrogens is 2. The van der Waals surface area contributed by atoms with E-state index in [9.17, 15) is 4.79 Å². The van der Waals surface area contributed by atoms with Crippen LogP contribution < -0.4 is 10.1 Å². The Balaban J connectivity index is 1.76. The molecule has 3 aromatic rings. The SMILES string of the molecule is Cc1cc(OCC(CNC(C)(C)C)OC(=O)c2ccccc2)c2[nH]c(=S)[nH]c2c1. The summed E-state index contributed by atoms with van der Waals surface area (Å²) >= 11 is 5.20. The summed E-state index contributed by atoms with van der Waals surface area (Å²) in [7, 11) is 0. The Bertz CT molecular complexity index is 1030. The summed E-state index contributed by atoms with van der Waals surface area (Å²) in [6, 6.07) is 12.9. The van der Waals surface area contributed by atoms with Gasteiger partial charge in [-0.15, -0.1) is 0 Å². The maximum absolute atomic E-state index is 12.5. The zero-order valence-electron chi connectivity index (χ0n) is 17.2. The fourth-order valence-corrected chi connectivity index (χ4v) is 3.10. The number of hydrogen-bond acceptors (Lipinski definition) is 5. The minimum atomic E-state index is -0.459. The summed E-state index contributed by atoms with van der Waals surface area (Å²) in [5, 5.41) is 3.38. The van der Waals surface area contributed by atoms with Crippen LogP contribution in [0.3, 0.4) is 0 Å². The molecule has 154 valence electrons. The van der Waals surface area contributed by atoms with Gasteiger partial charge in [0, 0.05) is 12.1 Å². The van der Waals surface area contributed by atoms with E-state index >= 15 is 0 Å². The zero-order chi connectivity index (χ0) is 21.0. The predicted molar refractivity (Wildman–Crippen MR) is 117 cm³/mol. The average Bonchev–Trinajstić information content (AvgIpc) is 3.03. The van der Waals surface area contributed by atoms with Crippen LogP contribution in [0.15, 0.2) is 42.5 Å². The van der Waals surface area contributed by atoms with Crippen LogP contribution in [0.5, 0.6) is 5.75 Å². The van der Waals surface area contributed by atoms with E-state index in [-0.39, 0.29) is 18.1 Å². The maximum atomic E-state index is 12.5. The van der Waals surface area contributed by atoms with Crippen LogP contribution in [0.2, 0.25) is 0 Å². The molecule has 0 saturated heterocycles. The van der Waals surface area contributed by atoms with Crippen molar-refractivity contribution in [1.82, 2.24) is 15.3 Å². The average molecular weight is 414 g/mol. The van der Waals surface area contributed by atoms with Gasteiger partial charge in [-0.1, -0.05) is 18.2 Å². The molecule has 0 fully saturated rings. The van der Waals surface area contributed by atoms with E-state index in [4.69, 9.17) is 21.7 Å². The lowest BCUT2D eigenvalue weighted by Gasteiger charge is -2.25. The van der Waals surface area contributed by atoms with E-state index in [1.165, 1.54) is 0 Å². The molecule has 6 nitrogen and oxygen atoms in total. The van der Waals surface area contributed by atoms with Gasteiger partial charge in [0.15, 0.2) is 4.77 Å². The molecule has 0 aliphatic rings. The van der Waals surface area contributed by atoms with Gasteiger partial charge in [0.25, 0.3) is 0 Å². The van der Waals surface area contributed by atoms with Crippen LogP contribution >= 0.6 is 12.2 Å². The van der Waals surface area contributed by atoms with Gasteiger partial charge in [0.1, 0.15) is 24.0 Å². The summed E-state index contributed by atoms with van der Waals surface area (Å²) in [6.07, 6.45) is -0.459. The number of carbonyl (C=O) groups excluding carboxylic acids is 1. The molecule has 29 heavy (non-hydrogen) atoms. The van der Waals surface area contributed by atoms with Crippen LogP contribution in [0.25, 0.3) is 11.0 Å². The first-order valence-electron chi connectivity index (χ1n) is 9.58. The largest absolute Gasteiger partial charge is 0.487 e. The topological polar surface area (TPSA) is 79.1 Å². The van der Waals surface area contributed by atoms with Crippen molar-refractivity contribution in [2.75, 3.05) is 13.2 Å². The first-order valence-corrected chi connectivity index (χ1v) is 9.98. The first kappa shape index (κ1) is 21.1. The lowest BCUT2D eigenvalue weighted by molar-refractivity contribution is 0.0162. The maximum Gasteiger partial charge on any atom is 0.338 e. The van der Waals surface area contributed by atoms with Crippen molar-refractivity contribution in [3.8, 4) is 5.75 Å². The molecule has 1 aromatic heterocycles. The van der Waals surface area contributed by atoms with Gasteiger partial charge in [-0.3, -0.25) is 0 Å². The van der Waals surface area contributed by atoms with E-state index in [0.29, 0.717) is 22.6 Å². The van der Waals surface area contributed by atoms with E-state index in [2.05, 4.69) is 36.1 Å². The third kappa shape index (κ3) is 5.92. The molecule has 0 saturated carbocycles. The number of aromatic nitrogens is 2. The molecule has 0 aliphatic heterocycles. The van der Waals surface area contributed by atoms with Gasteiger partial charge in [-0.2, -0.15) is 0 Å². The number of aromatic amines is 2. The molecule has 0 bridgehead atoms. The Kier molecular flexibility index (Phi) is 6.39. The zero-order valence-corrected chi connectivity index (χ0v) is 18.0. The quantitative estimate of drug-likeness (QED) is 0.392. The number of imidazole rings is 1. The highest BCUT2D eigenvalue weighted by molar-refractivity contribution is 7.71. The normalized spacial score (nSPS) is 12.7. The Morgan fingerprint density at radius 2 is 1.90 bits per heavy atom. The fourth-order valence-electron chi connectivity index (χ4n) is 2.89.